The van der Waals surface area contributed by atoms with Crippen molar-refractivity contribution in [1.29, 1.82) is 0 Å². The van der Waals surface area contributed by atoms with Crippen LogP contribution in [0, 0.1) is 0 Å². The molecule has 0 radical (unpaired) electrons. The molecule has 19 heavy (non-hydrogen) atoms. The maximum atomic E-state index is 10.3. The van der Waals surface area contributed by atoms with Gasteiger partial charge in [0.05, 0.1) is 14.2 Å². The van der Waals surface area contributed by atoms with E-state index in [4.69, 9.17) is 25.5 Å². The Balaban J connectivity index is 2.47. The summed E-state index contributed by atoms with van der Waals surface area (Å²) in [5.74, 6) is 1.24. The Morgan fingerprint density at radius 3 is 2.47 bits per heavy atom. The van der Waals surface area contributed by atoms with E-state index in [0.29, 0.717) is 32.5 Å². The zero-order valence-electron chi connectivity index (χ0n) is 10.3. The summed E-state index contributed by atoms with van der Waals surface area (Å²) in [7, 11) is 3.00. The van der Waals surface area contributed by atoms with Crippen molar-refractivity contribution >= 4 is 27.5 Å². The van der Waals surface area contributed by atoms with Gasteiger partial charge in [0, 0.05) is 5.56 Å². The van der Waals surface area contributed by atoms with Crippen LogP contribution in [0.5, 0.6) is 11.5 Å². The molecule has 0 aliphatic rings. The molecule has 6 heteroatoms. The van der Waals surface area contributed by atoms with Crippen molar-refractivity contribution in [2.24, 2.45) is 0 Å². The number of furan rings is 1. The largest absolute Gasteiger partial charge is 0.495 e. The van der Waals surface area contributed by atoms with Crippen LogP contribution in [0.1, 0.15) is 17.4 Å². The summed E-state index contributed by atoms with van der Waals surface area (Å²) in [6, 6.07) is 6.73. The highest BCUT2D eigenvalue weighted by Crippen LogP contribution is 2.41. The van der Waals surface area contributed by atoms with E-state index in [-0.39, 0.29) is 0 Å². The topological polar surface area (TPSA) is 51.8 Å². The third-order valence-corrected chi connectivity index (χ3v) is 3.46. The van der Waals surface area contributed by atoms with Gasteiger partial charge >= 0.3 is 0 Å². The average Bonchev–Trinajstić information content (AvgIpc) is 2.84. The minimum atomic E-state index is -0.968. The molecular weight excluding hydrogens is 335 g/mol. The third-order valence-electron chi connectivity index (χ3n) is 2.67. The van der Waals surface area contributed by atoms with Gasteiger partial charge in [0.2, 0.25) is 0 Å². The molecule has 2 rings (SSSR count). The van der Waals surface area contributed by atoms with Crippen molar-refractivity contribution in [3.8, 4) is 11.5 Å². The Hall–Kier alpha value is -1.17. The molecule has 1 unspecified atom stereocenters. The van der Waals surface area contributed by atoms with Crippen LogP contribution in [0.2, 0.25) is 5.02 Å². The molecule has 2 aromatic rings. The average molecular weight is 348 g/mol. The number of hydrogen-bond acceptors (Lipinski definition) is 4. The van der Waals surface area contributed by atoms with E-state index in [0.717, 1.165) is 0 Å². The van der Waals surface area contributed by atoms with Crippen molar-refractivity contribution in [3.63, 3.8) is 0 Å². The standard InChI is InChI=1S/C13H12BrClO4/c1-17-8-4-3-7(13(18-2)11(8)15)12(16)9-5-6-10(14)19-9/h3-6,12,16H,1-2H3. The molecular formula is C13H12BrClO4. The van der Waals surface area contributed by atoms with Crippen LogP contribution in [-0.4, -0.2) is 19.3 Å². The van der Waals surface area contributed by atoms with Gasteiger partial charge in [-0.3, -0.25) is 0 Å². The monoisotopic (exact) mass is 346 g/mol. The maximum Gasteiger partial charge on any atom is 0.169 e. The highest BCUT2D eigenvalue weighted by Gasteiger charge is 2.22. The number of benzene rings is 1. The van der Waals surface area contributed by atoms with E-state index in [2.05, 4.69) is 15.9 Å². The molecule has 1 aromatic carbocycles. The SMILES string of the molecule is COc1ccc(C(O)c2ccc(Br)o2)c(OC)c1Cl. The van der Waals surface area contributed by atoms with Crippen LogP contribution in [0.25, 0.3) is 0 Å². The molecule has 0 aliphatic carbocycles. The number of aliphatic hydroxyl groups excluding tert-OH is 1. The minimum Gasteiger partial charge on any atom is -0.495 e. The van der Waals surface area contributed by atoms with Crippen LogP contribution < -0.4 is 9.47 Å². The van der Waals surface area contributed by atoms with Crippen LogP contribution >= 0.6 is 27.5 Å². The number of ether oxygens (including phenoxy) is 2. The Morgan fingerprint density at radius 1 is 1.21 bits per heavy atom. The summed E-state index contributed by atoms with van der Waals surface area (Å²) in [6.45, 7) is 0. The molecule has 1 heterocycles. The second-order valence-electron chi connectivity index (χ2n) is 3.75. The van der Waals surface area contributed by atoms with E-state index in [1.165, 1.54) is 14.2 Å². The Bertz CT molecular complexity index is 582. The highest BCUT2D eigenvalue weighted by atomic mass is 79.9. The van der Waals surface area contributed by atoms with Gasteiger partial charge in [-0.2, -0.15) is 0 Å². The summed E-state index contributed by atoms with van der Waals surface area (Å²) < 4.78 is 16.2. The number of hydrogen-bond donors (Lipinski definition) is 1. The summed E-state index contributed by atoms with van der Waals surface area (Å²) in [5.41, 5.74) is 0.509. The first-order valence-corrected chi connectivity index (χ1v) is 6.59. The molecule has 0 amide bonds. The maximum absolute atomic E-state index is 10.3. The van der Waals surface area contributed by atoms with Gasteiger partial charge in [-0.1, -0.05) is 11.6 Å². The van der Waals surface area contributed by atoms with Crippen LogP contribution in [-0.2, 0) is 0 Å². The summed E-state index contributed by atoms with van der Waals surface area (Å²) in [6.07, 6.45) is -0.968. The molecule has 0 spiro atoms. The Kier molecular flexibility index (Phi) is 4.39. The lowest BCUT2D eigenvalue weighted by Gasteiger charge is -2.16. The highest BCUT2D eigenvalue weighted by molar-refractivity contribution is 9.10. The first kappa shape index (κ1) is 14.2. The fourth-order valence-electron chi connectivity index (χ4n) is 1.76. The molecule has 1 aromatic heterocycles. The molecule has 1 N–H and O–H groups in total. The van der Waals surface area contributed by atoms with Gasteiger partial charge in [-0.25, -0.2) is 0 Å². The van der Waals surface area contributed by atoms with Gasteiger partial charge < -0.3 is 19.0 Å². The molecule has 0 saturated heterocycles. The Labute approximate surface area is 124 Å². The second-order valence-corrected chi connectivity index (χ2v) is 4.91. The lowest BCUT2D eigenvalue weighted by atomic mass is 10.1. The zero-order chi connectivity index (χ0) is 14.0. The number of aliphatic hydroxyl groups is 1. The lowest BCUT2D eigenvalue weighted by molar-refractivity contribution is 0.183. The summed E-state index contributed by atoms with van der Waals surface area (Å²) in [5, 5.41) is 10.6. The Morgan fingerprint density at radius 2 is 1.95 bits per heavy atom. The molecule has 0 bridgehead atoms. The van der Waals surface area contributed by atoms with Gasteiger partial charge in [0.15, 0.2) is 4.67 Å². The minimum absolute atomic E-state index is 0.312. The van der Waals surface area contributed by atoms with Gasteiger partial charge in [0.1, 0.15) is 28.4 Å². The summed E-state index contributed by atoms with van der Waals surface area (Å²) >= 11 is 9.34. The van der Waals surface area contributed by atoms with Gasteiger partial charge in [0.25, 0.3) is 0 Å². The van der Waals surface area contributed by atoms with Crippen molar-refractivity contribution in [3.05, 3.63) is 45.3 Å². The van der Waals surface area contributed by atoms with Crippen molar-refractivity contribution in [2.75, 3.05) is 14.2 Å². The fraction of sp³-hybridized carbons (Fsp3) is 0.231. The smallest absolute Gasteiger partial charge is 0.169 e. The van der Waals surface area contributed by atoms with E-state index in [1.54, 1.807) is 24.3 Å². The van der Waals surface area contributed by atoms with Crippen molar-refractivity contribution in [1.82, 2.24) is 0 Å². The van der Waals surface area contributed by atoms with Crippen LogP contribution in [0.15, 0.2) is 33.4 Å². The first-order chi connectivity index (χ1) is 9.08. The predicted octanol–water partition coefficient (Wildman–Crippen LogP) is 3.79. The molecule has 0 saturated carbocycles. The molecule has 0 aliphatic heterocycles. The normalized spacial score (nSPS) is 12.3. The van der Waals surface area contributed by atoms with Crippen molar-refractivity contribution in [2.45, 2.75) is 6.10 Å². The second kappa shape index (κ2) is 5.86. The molecule has 0 fully saturated rings. The van der Waals surface area contributed by atoms with Crippen molar-refractivity contribution < 1.29 is 19.0 Å². The number of methoxy groups -OCH3 is 2. The van der Waals surface area contributed by atoms with Gasteiger partial charge in [-0.15, -0.1) is 0 Å². The van der Waals surface area contributed by atoms with E-state index in [1.807, 2.05) is 0 Å². The van der Waals surface area contributed by atoms with Crippen LogP contribution in [0.4, 0.5) is 0 Å². The molecule has 102 valence electrons. The van der Waals surface area contributed by atoms with E-state index >= 15 is 0 Å². The quantitative estimate of drug-likeness (QED) is 0.914. The van der Waals surface area contributed by atoms with Crippen LogP contribution in [0.3, 0.4) is 0 Å². The predicted molar refractivity (Wildman–Crippen MR) is 75.0 cm³/mol. The zero-order valence-corrected chi connectivity index (χ0v) is 12.7. The molecule has 4 nitrogen and oxygen atoms in total. The third kappa shape index (κ3) is 2.73. The van der Waals surface area contributed by atoms with E-state index in [9.17, 15) is 5.11 Å². The lowest BCUT2D eigenvalue weighted by Crippen LogP contribution is -2.02. The van der Waals surface area contributed by atoms with Gasteiger partial charge in [-0.05, 0) is 40.2 Å². The van der Waals surface area contributed by atoms with E-state index < -0.39 is 6.10 Å². The number of halogens is 2. The first-order valence-electron chi connectivity index (χ1n) is 5.42. The summed E-state index contributed by atoms with van der Waals surface area (Å²) in [4.78, 5) is 0. The fourth-order valence-corrected chi connectivity index (χ4v) is 2.41. The number of rotatable bonds is 4. The molecule has 1 atom stereocenters.